The van der Waals surface area contributed by atoms with Crippen LogP contribution in [0.3, 0.4) is 0 Å². The minimum Gasteiger partial charge on any atom is -0.399 e. The van der Waals surface area contributed by atoms with Gasteiger partial charge in [-0.2, -0.15) is 0 Å². The molecule has 0 N–H and O–H groups in total. The maximum absolute atomic E-state index is 6.39. The molecule has 3 aliphatic rings. The third-order valence-corrected chi connectivity index (χ3v) is 6.89. The van der Waals surface area contributed by atoms with Gasteiger partial charge in [0.1, 0.15) is 0 Å². The number of rotatable bonds is 6. The predicted molar refractivity (Wildman–Crippen MR) is 113 cm³/mol. The summed E-state index contributed by atoms with van der Waals surface area (Å²) in [6.45, 7) is 14.6. The SMILES string of the molecule is CCCC1(C)OB(c2ccc(N3CCN(CC4CC4)CC3)cc2)OC1(C)C. The van der Waals surface area contributed by atoms with Crippen LogP contribution >= 0.6 is 0 Å². The standard InChI is InChI=1S/C22H35BN2O2/c1-5-12-22(4)21(2,3)26-23(27-22)19-8-10-20(11-9-19)25-15-13-24(14-16-25)17-18-6-7-18/h8-11,18H,5-7,12-17H2,1-4H3. The Labute approximate surface area is 165 Å². The molecule has 1 unspecified atom stereocenters. The van der Waals surface area contributed by atoms with Gasteiger partial charge in [0.15, 0.2) is 0 Å². The molecule has 3 fully saturated rings. The van der Waals surface area contributed by atoms with Gasteiger partial charge in [0.25, 0.3) is 0 Å². The first-order chi connectivity index (χ1) is 12.9. The third kappa shape index (κ3) is 4.06. The third-order valence-electron chi connectivity index (χ3n) is 6.89. The van der Waals surface area contributed by atoms with Crippen LogP contribution in [0, 0.1) is 5.92 Å². The number of hydrogen-bond acceptors (Lipinski definition) is 4. The molecule has 2 aliphatic heterocycles. The lowest BCUT2D eigenvalue weighted by atomic mass is 9.79. The molecule has 1 aromatic carbocycles. The fraction of sp³-hybridized carbons (Fsp3) is 0.727. The maximum atomic E-state index is 6.39. The molecule has 0 radical (unpaired) electrons. The van der Waals surface area contributed by atoms with Crippen LogP contribution in [0.15, 0.2) is 24.3 Å². The molecular weight excluding hydrogens is 335 g/mol. The number of piperazine rings is 1. The van der Waals surface area contributed by atoms with Crippen molar-refractivity contribution in [2.24, 2.45) is 5.92 Å². The van der Waals surface area contributed by atoms with Crippen molar-refractivity contribution in [3.63, 3.8) is 0 Å². The van der Waals surface area contributed by atoms with E-state index < -0.39 is 0 Å². The number of anilines is 1. The van der Waals surface area contributed by atoms with Gasteiger partial charge in [0.05, 0.1) is 11.2 Å². The van der Waals surface area contributed by atoms with Crippen molar-refractivity contribution in [1.82, 2.24) is 4.90 Å². The molecule has 1 aromatic rings. The molecule has 2 heterocycles. The fourth-order valence-electron chi connectivity index (χ4n) is 4.46. The fourth-order valence-corrected chi connectivity index (χ4v) is 4.46. The van der Waals surface area contributed by atoms with Gasteiger partial charge in [0.2, 0.25) is 0 Å². The van der Waals surface area contributed by atoms with Gasteiger partial charge in [-0.15, -0.1) is 0 Å². The Hall–Kier alpha value is -1.04. The largest absolute Gasteiger partial charge is 0.494 e. The highest BCUT2D eigenvalue weighted by atomic mass is 16.7. The van der Waals surface area contributed by atoms with Crippen molar-refractivity contribution in [3.8, 4) is 0 Å². The summed E-state index contributed by atoms with van der Waals surface area (Å²) in [5.41, 5.74) is 1.94. The summed E-state index contributed by atoms with van der Waals surface area (Å²) in [5, 5.41) is 0. The van der Waals surface area contributed by atoms with Crippen LogP contribution in [0.4, 0.5) is 5.69 Å². The van der Waals surface area contributed by atoms with Gasteiger partial charge in [-0.25, -0.2) is 0 Å². The monoisotopic (exact) mass is 370 g/mol. The summed E-state index contributed by atoms with van der Waals surface area (Å²) < 4.78 is 12.7. The van der Waals surface area contributed by atoms with Gasteiger partial charge in [-0.3, -0.25) is 4.90 Å². The maximum Gasteiger partial charge on any atom is 0.494 e. The van der Waals surface area contributed by atoms with E-state index in [1.165, 1.54) is 38.2 Å². The van der Waals surface area contributed by atoms with E-state index in [0.717, 1.165) is 37.3 Å². The summed E-state index contributed by atoms with van der Waals surface area (Å²) in [4.78, 5) is 5.15. The average Bonchev–Trinajstić information content (AvgIpc) is 3.42. The van der Waals surface area contributed by atoms with E-state index in [2.05, 4.69) is 61.8 Å². The van der Waals surface area contributed by atoms with E-state index in [4.69, 9.17) is 9.31 Å². The summed E-state index contributed by atoms with van der Waals surface area (Å²) in [6, 6.07) is 8.84. The molecular formula is C22H35BN2O2. The van der Waals surface area contributed by atoms with Crippen molar-refractivity contribution in [3.05, 3.63) is 24.3 Å². The Morgan fingerprint density at radius 3 is 2.26 bits per heavy atom. The average molecular weight is 370 g/mol. The molecule has 5 heteroatoms. The highest BCUT2D eigenvalue weighted by molar-refractivity contribution is 6.62. The van der Waals surface area contributed by atoms with Gasteiger partial charge >= 0.3 is 7.12 Å². The quantitative estimate of drug-likeness (QED) is 0.718. The van der Waals surface area contributed by atoms with E-state index >= 15 is 0 Å². The number of nitrogens with zero attached hydrogens (tertiary/aromatic N) is 2. The second-order valence-corrected chi connectivity index (χ2v) is 9.38. The van der Waals surface area contributed by atoms with Crippen molar-refractivity contribution in [1.29, 1.82) is 0 Å². The number of benzene rings is 1. The topological polar surface area (TPSA) is 24.9 Å². The summed E-state index contributed by atoms with van der Waals surface area (Å²) in [6.07, 6.45) is 5.00. The lowest BCUT2D eigenvalue weighted by Gasteiger charge is -2.36. The lowest BCUT2D eigenvalue weighted by Crippen LogP contribution is -2.47. The van der Waals surface area contributed by atoms with Crippen molar-refractivity contribution in [2.75, 3.05) is 37.6 Å². The first-order valence-corrected chi connectivity index (χ1v) is 10.8. The zero-order chi connectivity index (χ0) is 19.1. The van der Waals surface area contributed by atoms with Crippen molar-refractivity contribution < 1.29 is 9.31 Å². The Bertz CT molecular complexity index is 638. The minimum absolute atomic E-state index is 0.233. The molecule has 0 spiro atoms. The zero-order valence-corrected chi connectivity index (χ0v) is 17.5. The Morgan fingerprint density at radius 1 is 1.00 bits per heavy atom. The van der Waals surface area contributed by atoms with Crippen LogP contribution in [0.1, 0.15) is 53.4 Å². The van der Waals surface area contributed by atoms with E-state index in [1.807, 2.05) is 0 Å². The van der Waals surface area contributed by atoms with Gasteiger partial charge in [-0.05, 0) is 63.5 Å². The molecule has 1 atom stereocenters. The van der Waals surface area contributed by atoms with Crippen molar-refractivity contribution >= 4 is 18.3 Å². The van der Waals surface area contributed by atoms with E-state index in [-0.39, 0.29) is 18.3 Å². The molecule has 4 nitrogen and oxygen atoms in total. The molecule has 2 saturated heterocycles. The van der Waals surface area contributed by atoms with Crippen LogP contribution in [-0.2, 0) is 9.31 Å². The molecule has 0 amide bonds. The van der Waals surface area contributed by atoms with Gasteiger partial charge < -0.3 is 14.2 Å². The number of hydrogen-bond donors (Lipinski definition) is 0. The Balaban J connectivity index is 1.37. The van der Waals surface area contributed by atoms with Crippen LogP contribution in [0.5, 0.6) is 0 Å². The van der Waals surface area contributed by atoms with Crippen LogP contribution in [0.25, 0.3) is 0 Å². The molecule has 27 heavy (non-hydrogen) atoms. The molecule has 148 valence electrons. The Kier molecular flexibility index (Phi) is 5.30. The summed E-state index contributed by atoms with van der Waals surface area (Å²) in [7, 11) is -0.263. The smallest absolute Gasteiger partial charge is 0.399 e. The van der Waals surface area contributed by atoms with Crippen LogP contribution in [-0.4, -0.2) is 55.9 Å². The van der Waals surface area contributed by atoms with E-state index in [0.29, 0.717) is 0 Å². The minimum atomic E-state index is -0.274. The van der Waals surface area contributed by atoms with Gasteiger partial charge in [0, 0.05) is 38.4 Å². The lowest BCUT2D eigenvalue weighted by molar-refractivity contribution is -0.0159. The molecule has 1 saturated carbocycles. The van der Waals surface area contributed by atoms with E-state index in [1.54, 1.807) is 0 Å². The zero-order valence-electron chi connectivity index (χ0n) is 17.5. The molecule has 0 bridgehead atoms. The molecule has 0 aromatic heterocycles. The highest BCUT2D eigenvalue weighted by Crippen LogP contribution is 2.40. The summed E-state index contributed by atoms with van der Waals surface area (Å²) >= 11 is 0. The van der Waals surface area contributed by atoms with E-state index in [9.17, 15) is 0 Å². The van der Waals surface area contributed by atoms with Gasteiger partial charge in [-0.1, -0.05) is 25.5 Å². The first kappa shape index (κ1) is 19.3. The molecule has 4 rings (SSSR count). The Morgan fingerprint density at radius 2 is 1.67 bits per heavy atom. The molecule has 1 aliphatic carbocycles. The normalized spacial score (nSPS) is 28.7. The second-order valence-electron chi connectivity index (χ2n) is 9.38. The summed E-state index contributed by atoms with van der Waals surface area (Å²) in [5.74, 6) is 0.991. The first-order valence-electron chi connectivity index (χ1n) is 10.8. The van der Waals surface area contributed by atoms with Crippen LogP contribution < -0.4 is 10.4 Å². The predicted octanol–water partition coefficient (Wildman–Crippen LogP) is 3.30. The second kappa shape index (κ2) is 7.42. The highest BCUT2D eigenvalue weighted by Gasteiger charge is 2.53. The van der Waals surface area contributed by atoms with Crippen molar-refractivity contribution in [2.45, 2.75) is 64.6 Å². The van der Waals surface area contributed by atoms with Crippen LogP contribution in [0.2, 0.25) is 0 Å².